The minimum atomic E-state index is -0.0280. The maximum Gasteiger partial charge on any atom is 0.236 e. The number of hydrogen-bond acceptors (Lipinski definition) is 2. The first-order valence-electron chi connectivity index (χ1n) is 7.07. The molecule has 0 aliphatic carbocycles. The second-order valence-electron chi connectivity index (χ2n) is 6.00. The zero-order chi connectivity index (χ0) is 13.7. The number of alkyl halides is 1. The van der Waals surface area contributed by atoms with Gasteiger partial charge in [0.05, 0.1) is 4.83 Å². The molecule has 1 heterocycles. The molecule has 1 saturated heterocycles. The zero-order valence-corrected chi connectivity index (χ0v) is 13.7. The molecule has 3 nitrogen and oxygen atoms in total. The largest absolute Gasteiger partial charge is 0.339 e. The van der Waals surface area contributed by atoms with Gasteiger partial charge in [-0.05, 0) is 24.8 Å². The van der Waals surface area contributed by atoms with Gasteiger partial charge in [-0.1, -0.05) is 43.6 Å². The van der Waals surface area contributed by atoms with E-state index < -0.39 is 0 Å². The van der Waals surface area contributed by atoms with Gasteiger partial charge in [-0.3, -0.25) is 9.69 Å². The lowest BCUT2D eigenvalue weighted by Crippen LogP contribution is -2.51. The monoisotopic (exact) mass is 318 g/mol. The van der Waals surface area contributed by atoms with E-state index in [-0.39, 0.29) is 10.7 Å². The molecule has 0 bridgehead atoms. The number of rotatable bonds is 5. The highest BCUT2D eigenvalue weighted by Crippen LogP contribution is 2.16. The van der Waals surface area contributed by atoms with Gasteiger partial charge in [-0.15, -0.1) is 0 Å². The molecule has 0 saturated carbocycles. The highest BCUT2D eigenvalue weighted by atomic mass is 79.9. The molecule has 1 atom stereocenters. The quantitative estimate of drug-likeness (QED) is 0.727. The minimum Gasteiger partial charge on any atom is -0.339 e. The predicted molar refractivity (Wildman–Crippen MR) is 80.0 cm³/mol. The van der Waals surface area contributed by atoms with E-state index in [1.165, 1.54) is 13.0 Å². The van der Waals surface area contributed by atoms with Crippen LogP contribution in [0, 0.1) is 11.8 Å². The topological polar surface area (TPSA) is 23.6 Å². The van der Waals surface area contributed by atoms with E-state index in [0.717, 1.165) is 32.1 Å². The first-order valence-corrected chi connectivity index (χ1v) is 7.98. The Hall–Kier alpha value is -0.0900. The summed E-state index contributed by atoms with van der Waals surface area (Å²) in [6, 6.07) is 0. The Morgan fingerprint density at radius 1 is 1.11 bits per heavy atom. The predicted octanol–water partition coefficient (Wildman–Crippen LogP) is 2.60. The summed E-state index contributed by atoms with van der Waals surface area (Å²) in [6.45, 7) is 13.7. The summed E-state index contributed by atoms with van der Waals surface area (Å²) in [5, 5.41) is 0. The Morgan fingerprint density at radius 2 is 1.67 bits per heavy atom. The summed E-state index contributed by atoms with van der Waals surface area (Å²) in [6.07, 6.45) is 1.25. The third-order valence-corrected chi connectivity index (χ3v) is 4.98. The summed E-state index contributed by atoms with van der Waals surface area (Å²) in [4.78, 5) is 16.6. The third-order valence-electron chi connectivity index (χ3n) is 3.53. The van der Waals surface area contributed by atoms with Crippen molar-refractivity contribution in [3.63, 3.8) is 0 Å². The second kappa shape index (κ2) is 7.49. The number of amides is 1. The lowest BCUT2D eigenvalue weighted by atomic mass is 10.1. The van der Waals surface area contributed by atoms with Crippen LogP contribution in [-0.2, 0) is 4.79 Å². The molecular weight excluding hydrogens is 292 g/mol. The first-order chi connectivity index (χ1) is 8.41. The Kier molecular flexibility index (Phi) is 6.64. The lowest BCUT2D eigenvalue weighted by Gasteiger charge is -2.36. The van der Waals surface area contributed by atoms with Gasteiger partial charge < -0.3 is 4.90 Å². The van der Waals surface area contributed by atoms with E-state index in [9.17, 15) is 4.79 Å². The fourth-order valence-electron chi connectivity index (χ4n) is 2.09. The highest BCUT2D eigenvalue weighted by molar-refractivity contribution is 9.10. The molecule has 0 spiro atoms. The van der Waals surface area contributed by atoms with Gasteiger partial charge in [0.1, 0.15) is 0 Å². The van der Waals surface area contributed by atoms with Gasteiger partial charge in [0.15, 0.2) is 0 Å². The van der Waals surface area contributed by atoms with Gasteiger partial charge in [-0.2, -0.15) is 0 Å². The van der Waals surface area contributed by atoms with Crippen LogP contribution in [-0.4, -0.2) is 53.3 Å². The maximum atomic E-state index is 12.2. The average molecular weight is 319 g/mol. The number of carbonyl (C=O) groups is 1. The first kappa shape index (κ1) is 16.0. The van der Waals surface area contributed by atoms with Crippen molar-refractivity contribution in [2.75, 3.05) is 32.7 Å². The molecule has 1 fully saturated rings. The van der Waals surface area contributed by atoms with Crippen LogP contribution in [0.1, 0.15) is 34.1 Å². The molecule has 106 valence electrons. The maximum absolute atomic E-state index is 12.2. The van der Waals surface area contributed by atoms with Crippen LogP contribution in [0.15, 0.2) is 0 Å². The summed E-state index contributed by atoms with van der Waals surface area (Å²) >= 11 is 3.50. The van der Waals surface area contributed by atoms with Crippen LogP contribution in [0.4, 0.5) is 0 Å². The van der Waals surface area contributed by atoms with Gasteiger partial charge in [0.25, 0.3) is 0 Å². The molecule has 0 radical (unpaired) electrons. The zero-order valence-electron chi connectivity index (χ0n) is 12.2. The summed E-state index contributed by atoms with van der Waals surface area (Å²) < 4.78 is 0. The molecule has 1 unspecified atom stereocenters. The molecule has 0 aromatic heterocycles. The summed E-state index contributed by atoms with van der Waals surface area (Å²) in [7, 11) is 0. The van der Waals surface area contributed by atoms with Crippen LogP contribution < -0.4 is 0 Å². The Morgan fingerprint density at radius 3 is 2.11 bits per heavy atom. The van der Waals surface area contributed by atoms with E-state index in [0.29, 0.717) is 5.92 Å². The molecule has 1 rings (SSSR count). The summed E-state index contributed by atoms with van der Waals surface area (Å²) in [5.74, 6) is 1.38. The van der Waals surface area contributed by atoms with Gasteiger partial charge in [0, 0.05) is 26.2 Å². The van der Waals surface area contributed by atoms with Crippen LogP contribution >= 0.6 is 15.9 Å². The third kappa shape index (κ3) is 4.88. The molecule has 1 aliphatic heterocycles. The van der Waals surface area contributed by atoms with Crippen LogP contribution in [0.25, 0.3) is 0 Å². The lowest BCUT2D eigenvalue weighted by molar-refractivity contribution is -0.132. The van der Waals surface area contributed by atoms with Crippen molar-refractivity contribution in [3.8, 4) is 0 Å². The Labute approximate surface area is 120 Å². The molecule has 0 aromatic rings. The van der Waals surface area contributed by atoms with Crippen LogP contribution in [0.5, 0.6) is 0 Å². The second-order valence-corrected chi connectivity index (χ2v) is 6.98. The molecule has 1 amide bonds. The van der Waals surface area contributed by atoms with E-state index in [1.807, 2.05) is 4.90 Å². The minimum absolute atomic E-state index is 0.0280. The van der Waals surface area contributed by atoms with E-state index in [1.54, 1.807) is 0 Å². The van der Waals surface area contributed by atoms with E-state index >= 15 is 0 Å². The summed E-state index contributed by atoms with van der Waals surface area (Å²) in [5.41, 5.74) is 0. The smallest absolute Gasteiger partial charge is 0.236 e. The van der Waals surface area contributed by atoms with Crippen molar-refractivity contribution >= 4 is 21.8 Å². The van der Waals surface area contributed by atoms with Gasteiger partial charge in [-0.25, -0.2) is 0 Å². The Bertz CT molecular complexity index is 261. The van der Waals surface area contributed by atoms with Crippen LogP contribution in [0.2, 0.25) is 0 Å². The molecule has 18 heavy (non-hydrogen) atoms. The standard InChI is InChI=1S/C14H27BrN2O/c1-11(2)5-6-16-7-9-17(10-8-16)14(18)13(15)12(3)4/h11-13H,5-10H2,1-4H3. The normalized spacial score (nSPS) is 19.6. The SMILES string of the molecule is CC(C)CCN1CCN(C(=O)C(Br)C(C)C)CC1. The number of hydrogen-bond donors (Lipinski definition) is 0. The number of halogens is 1. The van der Waals surface area contributed by atoms with Crippen molar-refractivity contribution in [3.05, 3.63) is 0 Å². The average Bonchev–Trinajstić information content (AvgIpc) is 2.35. The van der Waals surface area contributed by atoms with Gasteiger partial charge in [0.2, 0.25) is 5.91 Å². The van der Waals surface area contributed by atoms with Crippen LogP contribution in [0.3, 0.4) is 0 Å². The molecule has 1 aliphatic rings. The van der Waals surface area contributed by atoms with Gasteiger partial charge >= 0.3 is 0 Å². The van der Waals surface area contributed by atoms with E-state index in [2.05, 4.69) is 48.5 Å². The molecular formula is C14H27BrN2O. The van der Waals surface area contributed by atoms with Crippen molar-refractivity contribution in [1.82, 2.24) is 9.80 Å². The highest BCUT2D eigenvalue weighted by Gasteiger charge is 2.27. The van der Waals surface area contributed by atoms with Crippen molar-refractivity contribution < 1.29 is 4.79 Å². The number of piperazine rings is 1. The molecule has 4 heteroatoms. The van der Waals surface area contributed by atoms with Crippen molar-refractivity contribution in [2.45, 2.75) is 38.9 Å². The number of nitrogens with zero attached hydrogens (tertiary/aromatic N) is 2. The molecule has 0 aromatic carbocycles. The Balaban J connectivity index is 2.32. The van der Waals surface area contributed by atoms with Crippen molar-refractivity contribution in [1.29, 1.82) is 0 Å². The van der Waals surface area contributed by atoms with E-state index in [4.69, 9.17) is 0 Å². The number of carbonyl (C=O) groups excluding carboxylic acids is 1. The fourth-order valence-corrected chi connectivity index (χ4v) is 2.38. The molecule has 0 N–H and O–H groups in total. The van der Waals surface area contributed by atoms with Crippen molar-refractivity contribution in [2.24, 2.45) is 11.8 Å². The fraction of sp³-hybridized carbons (Fsp3) is 0.929.